The molecule has 1 atom stereocenters. The third kappa shape index (κ3) is 5.54. The van der Waals surface area contributed by atoms with Crippen LogP contribution in [0.25, 0.3) is 0 Å². The molecule has 1 aliphatic heterocycles. The first-order valence-corrected chi connectivity index (χ1v) is 7.36. The van der Waals surface area contributed by atoms with E-state index in [0.29, 0.717) is 0 Å². The summed E-state index contributed by atoms with van der Waals surface area (Å²) in [6.07, 6.45) is 7.13. The van der Waals surface area contributed by atoms with Crippen LogP contribution in [0, 0.1) is 5.92 Å². The van der Waals surface area contributed by atoms with Crippen molar-refractivity contribution < 1.29 is 4.74 Å². The van der Waals surface area contributed by atoms with Gasteiger partial charge in [0.15, 0.2) is 0 Å². The molecule has 17 heavy (non-hydrogen) atoms. The molecule has 1 saturated heterocycles. The monoisotopic (exact) mass is 250 g/mol. The lowest BCUT2D eigenvalue weighted by atomic mass is 9.46. The lowest BCUT2D eigenvalue weighted by molar-refractivity contribution is 0.339. The molecule has 94 valence electrons. The van der Waals surface area contributed by atoms with Crippen molar-refractivity contribution in [3.63, 3.8) is 0 Å². The number of hydrogen-bond acceptors (Lipinski definition) is 2. The Hall–Kier alpha value is -0.565. The van der Waals surface area contributed by atoms with E-state index < -0.39 is 0 Å². The molecule has 1 aromatic rings. The maximum absolute atomic E-state index is 5.70. The van der Waals surface area contributed by atoms with E-state index in [0.717, 1.165) is 25.0 Å². The van der Waals surface area contributed by atoms with Crippen LogP contribution in [0.15, 0.2) is 30.3 Å². The van der Waals surface area contributed by atoms with Crippen LogP contribution in [0.3, 0.4) is 0 Å². The zero-order valence-corrected chi connectivity index (χ0v) is 11.8. The van der Waals surface area contributed by atoms with E-state index in [1.165, 1.54) is 25.4 Å². The molecule has 1 aliphatic rings. The molecule has 2 rings (SSSR count). The van der Waals surface area contributed by atoms with Gasteiger partial charge in [0.25, 0.3) is 0 Å². The minimum absolute atomic E-state index is 0.876. The fraction of sp³-hybridized carbons (Fsp3) is 0.571. The van der Waals surface area contributed by atoms with E-state index >= 15 is 0 Å². The van der Waals surface area contributed by atoms with Gasteiger partial charge in [0.1, 0.15) is 12.5 Å². The van der Waals surface area contributed by atoms with E-state index in [4.69, 9.17) is 4.74 Å². The fourth-order valence-corrected chi connectivity index (χ4v) is 2.45. The second kappa shape index (κ2) is 8.51. The Morgan fingerprint density at radius 2 is 2.00 bits per heavy atom. The lowest BCUT2D eigenvalue weighted by Crippen LogP contribution is -2.11. The van der Waals surface area contributed by atoms with E-state index in [9.17, 15) is 0 Å². The SMILES string of the molecule is CC1CCB(CCOc2ccccc2)C1.CS. The number of thiol groups is 1. The largest absolute Gasteiger partial charge is 0.494 e. The van der Waals surface area contributed by atoms with Crippen molar-refractivity contribution in [2.45, 2.75) is 32.3 Å². The first-order valence-electron chi connectivity index (χ1n) is 6.47. The van der Waals surface area contributed by atoms with Crippen molar-refractivity contribution in [3.8, 4) is 5.75 Å². The molecule has 1 heterocycles. The second-order valence-corrected chi connectivity index (χ2v) is 4.73. The van der Waals surface area contributed by atoms with Gasteiger partial charge in [-0.05, 0) is 24.7 Å². The van der Waals surface area contributed by atoms with Crippen LogP contribution in [-0.4, -0.2) is 19.6 Å². The summed E-state index contributed by atoms with van der Waals surface area (Å²) in [7, 11) is 0. The normalized spacial score (nSPS) is 18.5. The molecule has 0 radical (unpaired) electrons. The van der Waals surface area contributed by atoms with Crippen LogP contribution in [0.2, 0.25) is 19.0 Å². The minimum Gasteiger partial charge on any atom is -0.494 e. The standard InChI is InChI=1S/C13H19BO.CH4S/c1-12-7-8-14(11-12)9-10-15-13-5-3-2-4-6-13;1-2/h2-6,12H,7-11H2,1H3;2H,1H3. The third-order valence-electron chi connectivity index (χ3n) is 3.34. The van der Waals surface area contributed by atoms with Crippen molar-refractivity contribution in [1.29, 1.82) is 0 Å². The van der Waals surface area contributed by atoms with Gasteiger partial charge >= 0.3 is 0 Å². The van der Waals surface area contributed by atoms with E-state index in [2.05, 4.69) is 19.6 Å². The van der Waals surface area contributed by atoms with Crippen LogP contribution in [0.1, 0.15) is 13.3 Å². The molecule has 1 unspecified atom stereocenters. The van der Waals surface area contributed by atoms with Gasteiger partial charge in [-0.2, -0.15) is 12.6 Å². The van der Waals surface area contributed by atoms with Crippen molar-refractivity contribution >= 4 is 19.3 Å². The van der Waals surface area contributed by atoms with Gasteiger partial charge in [-0.1, -0.05) is 50.1 Å². The maximum Gasteiger partial charge on any atom is 0.144 e. The Labute approximate surface area is 111 Å². The molecule has 1 nitrogen and oxygen atoms in total. The predicted octanol–water partition coefficient (Wildman–Crippen LogP) is 4.15. The summed E-state index contributed by atoms with van der Waals surface area (Å²) >= 11 is 3.53. The number of para-hydroxylation sites is 1. The van der Waals surface area contributed by atoms with Crippen LogP contribution >= 0.6 is 12.6 Å². The topological polar surface area (TPSA) is 9.23 Å². The second-order valence-electron chi connectivity index (χ2n) is 4.73. The van der Waals surface area contributed by atoms with E-state index in [-0.39, 0.29) is 0 Å². The van der Waals surface area contributed by atoms with E-state index in [1.807, 2.05) is 30.3 Å². The zero-order chi connectivity index (χ0) is 12.5. The summed E-state index contributed by atoms with van der Waals surface area (Å²) in [5, 5.41) is 0. The fourth-order valence-electron chi connectivity index (χ4n) is 2.45. The summed E-state index contributed by atoms with van der Waals surface area (Å²) < 4.78 is 5.70. The van der Waals surface area contributed by atoms with Gasteiger partial charge in [0, 0.05) is 0 Å². The minimum atomic E-state index is 0.876. The smallest absolute Gasteiger partial charge is 0.144 e. The first-order chi connectivity index (χ1) is 8.34. The molecular weight excluding hydrogens is 227 g/mol. The number of benzene rings is 1. The van der Waals surface area contributed by atoms with Crippen LogP contribution < -0.4 is 4.74 Å². The van der Waals surface area contributed by atoms with Gasteiger partial charge < -0.3 is 4.74 Å². The average Bonchev–Trinajstić information content (AvgIpc) is 2.79. The third-order valence-corrected chi connectivity index (χ3v) is 3.34. The molecule has 0 spiro atoms. The van der Waals surface area contributed by atoms with Crippen LogP contribution in [0.5, 0.6) is 5.75 Å². The summed E-state index contributed by atoms with van der Waals surface area (Å²) in [5.74, 6) is 1.94. The Morgan fingerprint density at radius 3 is 2.59 bits per heavy atom. The molecule has 0 aliphatic carbocycles. The summed E-state index contributed by atoms with van der Waals surface area (Å²) in [5.41, 5.74) is 0. The predicted molar refractivity (Wildman–Crippen MR) is 80.8 cm³/mol. The van der Waals surface area contributed by atoms with Crippen molar-refractivity contribution in [2.75, 3.05) is 12.9 Å². The molecule has 1 aromatic carbocycles. The summed E-state index contributed by atoms with van der Waals surface area (Å²) in [6.45, 7) is 4.14. The highest BCUT2D eigenvalue weighted by atomic mass is 32.1. The Morgan fingerprint density at radius 1 is 1.29 bits per heavy atom. The molecule has 0 bridgehead atoms. The van der Waals surface area contributed by atoms with Gasteiger partial charge in [-0.3, -0.25) is 0 Å². The quantitative estimate of drug-likeness (QED) is 0.624. The van der Waals surface area contributed by atoms with Crippen molar-refractivity contribution in [1.82, 2.24) is 0 Å². The molecule has 1 fully saturated rings. The molecule has 0 aromatic heterocycles. The summed E-state index contributed by atoms with van der Waals surface area (Å²) in [6, 6.07) is 10.1. The highest BCUT2D eigenvalue weighted by molar-refractivity contribution is 7.79. The number of ether oxygens (including phenoxy) is 1. The number of hydrogen-bond donors (Lipinski definition) is 1. The Kier molecular flexibility index (Phi) is 7.26. The van der Waals surface area contributed by atoms with Crippen molar-refractivity contribution in [2.24, 2.45) is 5.92 Å². The summed E-state index contributed by atoms with van der Waals surface area (Å²) in [4.78, 5) is 0. The van der Waals surface area contributed by atoms with Crippen molar-refractivity contribution in [3.05, 3.63) is 30.3 Å². The molecule has 0 saturated carbocycles. The molecular formula is C14H23BOS. The molecule has 0 N–H and O–H groups in total. The Bertz CT molecular complexity index is 292. The van der Waals surface area contributed by atoms with Gasteiger partial charge in [-0.25, -0.2) is 0 Å². The average molecular weight is 250 g/mol. The first kappa shape index (κ1) is 14.5. The highest BCUT2D eigenvalue weighted by Gasteiger charge is 2.23. The van der Waals surface area contributed by atoms with Gasteiger partial charge in [-0.15, -0.1) is 0 Å². The van der Waals surface area contributed by atoms with Crippen LogP contribution in [-0.2, 0) is 0 Å². The van der Waals surface area contributed by atoms with Crippen LogP contribution in [0.4, 0.5) is 0 Å². The molecule has 3 heteroatoms. The van der Waals surface area contributed by atoms with E-state index in [1.54, 1.807) is 6.26 Å². The van der Waals surface area contributed by atoms with Gasteiger partial charge in [0.2, 0.25) is 0 Å². The number of rotatable bonds is 4. The lowest BCUT2D eigenvalue weighted by Gasteiger charge is -2.08. The highest BCUT2D eigenvalue weighted by Crippen LogP contribution is 2.28. The maximum atomic E-state index is 5.70. The Balaban J connectivity index is 0.000000686. The molecule has 0 amide bonds. The zero-order valence-electron chi connectivity index (χ0n) is 10.9. The van der Waals surface area contributed by atoms with Gasteiger partial charge in [0.05, 0.1) is 6.61 Å².